The number of fused-ring (bicyclic) bond motifs is 1. The van der Waals surface area contributed by atoms with E-state index in [9.17, 15) is 17.6 Å². The van der Waals surface area contributed by atoms with Crippen molar-refractivity contribution in [3.05, 3.63) is 130 Å². The first kappa shape index (κ1) is 26.7. The summed E-state index contributed by atoms with van der Waals surface area (Å²) in [6.07, 6.45) is 0.284. The standard InChI is InChI=1S/C33H23F5/c1-2-3-4-5-23-6-8-24(9-7-23)10-11-25-14-19-30-28(20-25)18-17-27(32(30)35)15-12-26-13-16-29(31(34)21-26)22-33(36,37)38/h2-3,6-9,13-14,16-21H,4-5,22H2,1H3/b3-2+. The monoisotopic (exact) mass is 514 g/mol. The van der Waals surface area contributed by atoms with Crippen molar-refractivity contribution in [3.63, 3.8) is 0 Å². The summed E-state index contributed by atoms with van der Waals surface area (Å²) in [5, 5.41) is 1.02. The van der Waals surface area contributed by atoms with Gasteiger partial charge in [0.1, 0.15) is 11.6 Å². The molecule has 4 rings (SSSR count). The highest BCUT2D eigenvalue weighted by molar-refractivity contribution is 5.86. The highest BCUT2D eigenvalue weighted by atomic mass is 19.4. The molecule has 4 aromatic carbocycles. The van der Waals surface area contributed by atoms with Gasteiger partial charge in [-0.25, -0.2) is 8.78 Å². The van der Waals surface area contributed by atoms with E-state index in [1.165, 1.54) is 17.7 Å². The van der Waals surface area contributed by atoms with Crippen LogP contribution in [0.15, 0.2) is 84.9 Å². The molecular weight excluding hydrogens is 491 g/mol. The van der Waals surface area contributed by atoms with Crippen LogP contribution in [-0.2, 0) is 12.8 Å². The van der Waals surface area contributed by atoms with Gasteiger partial charge in [-0.2, -0.15) is 13.2 Å². The lowest BCUT2D eigenvalue weighted by molar-refractivity contribution is -0.127. The van der Waals surface area contributed by atoms with Crippen molar-refractivity contribution in [2.75, 3.05) is 0 Å². The number of halogens is 5. The maximum Gasteiger partial charge on any atom is 0.393 e. The number of hydrogen-bond acceptors (Lipinski definition) is 0. The van der Waals surface area contributed by atoms with Crippen LogP contribution < -0.4 is 0 Å². The molecule has 0 aliphatic carbocycles. The van der Waals surface area contributed by atoms with Crippen LogP contribution in [0.4, 0.5) is 22.0 Å². The molecule has 0 N–H and O–H groups in total. The smallest absolute Gasteiger partial charge is 0.207 e. The van der Waals surface area contributed by atoms with Gasteiger partial charge < -0.3 is 0 Å². The lowest BCUT2D eigenvalue weighted by atomic mass is 10.0. The maximum atomic E-state index is 15.1. The number of alkyl halides is 3. The van der Waals surface area contributed by atoms with Crippen molar-refractivity contribution in [1.29, 1.82) is 0 Å². The minimum absolute atomic E-state index is 0.102. The number of allylic oxidation sites excluding steroid dienone is 2. The molecule has 4 aromatic rings. The molecule has 0 spiro atoms. The summed E-state index contributed by atoms with van der Waals surface area (Å²) in [4.78, 5) is 0. The van der Waals surface area contributed by atoms with Gasteiger partial charge in [-0.15, -0.1) is 0 Å². The molecule has 0 amide bonds. The Hall–Kier alpha value is -4.35. The molecule has 0 saturated heterocycles. The van der Waals surface area contributed by atoms with Crippen LogP contribution in [-0.4, -0.2) is 6.18 Å². The van der Waals surface area contributed by atoms with Crippen molar-refractivity contribution in [3.8, 4) is 23.7 Å². The van der Waals surface area contributed by atoms with Gasteiger partial charge >= 0.3 is 6.18 Å². The fraction of sp³-hybridized carbons (Fsp3) is 0.152. The Bertz CT molecular complexity index is 1600. The van der Waals surface area contributed by atoms with Gasteiger partial charge in [0.2, 0.25) is 0 Å². The van der Waals surface area contributed by atoms with Crippen LogP contribution in [0, 0.1) is 35.3 Å². The quantitative estimate of drug-likeness (QED) is 0.145. The first-order valence-corrected chi connectivity index (χ1v) is 12.0. The molecule has 0 aliphatic rings. The summed E-state index contributed by atoms with van der Waals surface area (Å²) in [6, 6.07) is 19.8. The Labute approximate surface area is 218 Å². The second kappa shape index (κ2) is 11.8. The largest absolute Gasteiger partial charge is 0.393 e. The highest BCUT2D eigenvalue weighted by Gasteiger charge is 2.29. The average Bonchev–Trinajstić information content (AvgIpc) is 2.89. The lowest BCUT2D eigenvalue weighted by Crippen LogP contribution is -2.12. The molecule has 0 saturated carbocycles. The number of benzene rings is 4. The predicted octanol–water partition coefficient (Wildman–Crippen LogP) is 8.53. The molecule has 0 atom stereocenters. The number of hydrogen-bond donors (Lipinski definition) is 0. The SMILES string of the molecule is C/C=C/CCc1ccc(C#Cc2ccc3c(F)c(C#Cc4ccc(CC(F)(F)F)c(F)c4)ccc3c2)cc1. The second-order valence-electron chi connectivity index (χ2n) is 8.77. The van der Waals surface area contributed by atoms with Crippen LogP contribution in [0.5, 0.6) is 0 Å². The predicted molar refractivity (Wildman–Crippen MR) is 142 cm³/mol. The molecule has 0 radical (unpaired) electrons. The van der Waals surface area contributed by atoms with E-state index in [1.54, 1.807) is 24.3 Å². The van der Waals surface area contributed by atoms with Crippen LogP contribution in [0.25, 0.3) is 10.8 Å². The topological polar surface area (TPSA) is 0 Å². The summed E-state index contributed by atoms with van der Waals surface area (Å²) >= 11 is 0. The Balaban J connectivity index is 1.51. The normalized spacial score (nSPS) is 11.2. The van der Waals surface area contributed by atoms with Crippen molar-refractivity contribution in [2.45, 2.75) is 32.4 Å². The molecule has 38 heavy (non-hydrogen) atoms. The molecule has 0 aromatic heterocycles. The van der Waals surface area contributed by atoms with Gasteiger partial charge in [0.05, 0.1) is 12.0 Å². The Kier molecular flexibility index (Phi) is 8.29. The third kappa shape index (κ3) is 7.11. The van der Waals surface area contributed by atoms with E-state index in [0.29, 0.717) is 10.8 Å². The average molecular weight is 515 g/mol. The second-order valence-corrected chi connectivity index (χ2v) is 8.77. The van der Waals surface area contributed by atoms with Crippen LogP contribution >= 0.6 is 0 Å². The van der Waals surface area contributed by atoms with Crippen molar-refractivity contribution in [1.82, 2.24) is 0 Å². The molecule has 0 heterocycles. The third-order valence-electron chi connectivity index (χ3n) is 5.88. The lowest BCUT2D eigenvalue weighted by Gasteiger charge is -2.07. The van der Waals surface area contributed by atoms with Gasteiger partial charge in [0.25, 0.3) is 0 Å². The zero-order valence-electron chi connectivity index (χ0n) is 20.6. The fourth-order valence-corrected chi connectivity index (χ4v) is 3.91. The summed E-state index contributed by atoms with van der Waals surface area (Å²) in [7, 11) is 0. The summed E-state index contributed by atoms with van der Waals surface area (Å²) in [5.41, 5.74) is 2.67. The third-order valence-corrected chi connectivity index (χ3v) is 5.88. The molecule has 0 bridgehead atoms. The van der Waals surface area contributed by atoms with Crippen molar-refractivity contribution < 1.29 is 22.0 Å². The van der Waals surface area contributed by atoms with Gasteiger partial charge in [-0.3, -0.25) is 0 Å². The Morgan fingerprint density at radius 1 is 0.737 bits per heavy atom. The van der Waals surface area contributed by atoms with E-state index >= 15 is 4.39 Å². The van der Waals surface area contributed by atoms with Crippen molar-refractivity contribution in [2.24, 2.45) is 0 Å². The molecule has 190 valence electrons. The minimum Gasteiger partial charge on any atom is -0.207 e. The van der Waals surface area contributed by atoms with Gasteiger partial charge in [-0.05, 0) is 78.7 Å². The summed E-state index contributed by atoms with van der Waals surface area (Å²) in [5.74, 6) is 10.00. The number of aryl methyl sites for hydroxylation is 1. The van der Waals surface area contributed by atoms with E-state index in [4.69, 9.17) is 0 Å². The van der Waals surface area contributed by atoms with Crippen LogP contribution in [0.1, 0.15) is 46.7 Å². The van der Waals surface area contributed by atoms with E-state index in [0.717, 1.165) is 36.1 Å². The Morgan fingerprint density at radius 2 is 1.39 bits per heavy atom. The first-order chi connectivity index (χ1) is 18.2. The first-order valence-electron chi connectivity index (χ1n) is 12.0. The van der Waals surface area contributed by atoms with E-state index < -0.39 is 29.8 Å². The van der Waals surface area contributed by atoms with Crippen LogP contribution in [0.2, 0.25) is 0 Å². The maximum absolute atomic E-state index is 15.1. The Morgan fingerprint density at radius 3 is 2.11 bits per heavy atom. The minimum atomic E-state index is -4.51. The summed E-state index contributed by atoms with van der Waals surface area (Å²) in [6.45, 7) is 2.01. The fourth-order valence-electron chi connectivity index (χ4n) is 3.91. The van der Waals surface area contributed by atoms with Gasteiger partial charge in [-0.1, -0.05) is 66.2 Å². The van der Waals surface area contributed by atoms with E-state index in [-0.39, 0.29) is 11.1 Å². The van der Waals surface area contributed by atoms with Gasteiger partial charge in [0.15, 0.2) is 0 Å². The van der Waals surface area contributed by atoms with Crippen molar-refractivity contribution >= 4 is 10.8 Å². The van der Waals surface area contributed by atoms with E-state index in [1.807, 2.05) is 25.1 Å². The van der Waals surface area contributed by atoms with E-state index in [2.05, 4.69) is 41.9 Å². The molecule has 0 fully saturated rings. The number of rotatable bonds is 4. The molecule has 5 heteroatoms. The molecule has 0 unspecified atom stereocenters. The summed E-state index contributed by atoms with van der Waals surface area (Å²) < 4.78 is 66.7. The molecule has 0 nitrogen and oxygen atoms in total. The van der Waals surface area contributed by atoms with Gasteiger partial charge in [0, 0.05) is 22.1 Å². The molecule has 0 aliphatic heterocycles. The molecular formula is C33H23F5. The zero-order valence-corrected chi connectivity index (χ0v) is 20.6. The highest BCUT2D eigenvalue weighted by Crippen LogP contribution is 2.24. The van der Waals surface area contributed by atoms with Crippen LogP contribution in [0.3, 0.4) is 0 Å². The zero-order chi connectivity index (χ0) is 27.1.